The highest BCUT2D eigenvalue weighted by Gasteiger charge is 2.32. The van der Waals surface area contributed by atoms with Crippen molar-refractivity contribution < 1.29 is 14.3 Å². The second-order valence-corrected chi connectivity index (χ2v) is 10.6. The SMILES string of the molecule is Cc1ccc(OCC(=O)N(Cc2cccc(Br)c2)[C@H](Cc2ccccc2)C(=O)NC(C)(C)C)cc1. The summed E-state index contributed by atoms with van der Waals surface area (Å²) in [5.74, 6) is 0.167. The molecule has 1 N–H and O–H groups in total. The second kappa shape index (κ2) is 12.0. The van der Waals surface area contributed by atoms with Crippen LogP contribution in [0.4, 0.5) is 0 Å². The van der Waals surface area contributed by atoms with Crippen molar-refractivity contribution in [1.82, 2.24) is 10.2 Å². The van der Waals surface area contributed by atoms with Gasteiger partial charge in [0.05, 0.1) is 0 Å². The molecule has 184 valence electrons. The molecule has 3 aromatic rings. The maximum Gasteiger partial charge on any atom is 0.261 e. The largest absolute Gasteiger partial charge is 0.484 e. The van der Waals surface area contributed by atoms with E-state index in [0.29, 0.717) is 12.2 Å². The highest BCUT2D eigenvalue weighted by Crippen LogP contribution is 2.19. The summed E-state index contributed by atoms with van der Waals surface area (Å²) in [6, 6.07) is 24.4. The van der Waals surface area contributed by atoms with Crippen molar-refractivity contribution >= 4 is 27.7 Å². The van der Waals surface area contributed by atoms with E-state index in [-0.39, 0.29) is 25.0 Å². The number of halogens is 1. The number of nitrogens with one attached hydrogen (secondary N) is 1. The normalized spacial score (nSPS) is 12.0. The second-order valence-electron chi connectivity index (χ2n) is 9.70. The van der Waals surface area contributed by atoms with Gasteiger partial charge in [-0.3, -0.25) is 9.59 Å². The minimum Gasteiger partial charge on any atom is -0.484 e. The maximum absolute atomic E-state index is 13.6. The molecule has 0 radical (unpaired) electrons. The fourth-order valence-corrected chi connectivity index (χ4v) is 4.15. The molecule has 1 atom stereocenters. The smallest absolute Gasteiger partial charge is 0.261 e. The van der Waals surface area contributed by atoms with Crippen LogP contribution in [0, 0.1) is 6.92 Å². The van der Waals surface area contributed by atoms with Crippen LogP contribution in [0.2, 0.25) is 0 Å². The van der Waals surface area contributed by atoms with E-state index >= 15 is 0 Å². The van der Waals surface area contributed by atoms with Crippen LogP contribution in [0.5, 0.6) is 5.75 Å². The maximum atomic E-state index is 13.6. The van der Waals surface area contributed by atoms with E-state index in [4.69, 9.17) is 4.74 Å². The number of hydrogen-bond donors (Lipinski definition) is 1. The number of carbonyl (C=O) groups is 2. The zero-order valence-electron chi connectivity index (χ0n) is 20.8. The first-order chi connectivity index (χ1) is 16.6. The van der Waals surface area contributed by atoms with Gasteiger partial charge in [-0.2, -0.15) is 0 Å². The summed E-state index contributed by atoms with van der Waals surface area (Å²) in [6.45, 7) is 7.93. The van der Waals surface area contributed by atoms with Gasteiger partial charge in [0.15, 0.2) is 6.61 Å². The third-order valence-corrected chi connectivity index (χ3v) is 5.89. The van der Waals surface area contributed by atoms with Crippen LogP contribution in [0.1, 0.15) is 37.5 Å². The number of benzene rings is 3. The number of nitrogens with zero attached hydrogens (tertiary/aromatic N) is 1. The van der Waals surface area contributed by atoms with E-state index < -0.39 is 11.6 Å². The fourth-order valence-electron chi connectivity index (χ4n) is 3.70. The Labute approximate surface area is 216 Å². The van der Waals surface area contributed by atoms with E-state index in [2.05, 4.69) is 21.2 Å². The lowest BCUT2D eigenvalue weighted by atomic mass is 10.0. The number of rotatable bonds is 9. The van der Waals surface area contributed by atoms with Crippen LogP contribution >= 0.6 is 15.9 Å². The number of amides is 2. The number of hydrogen-bond acceptors (Lipinski definition) is 3. The Hall–Kier alpha value is -3.12. The van der Waals surface area contributed by atoms with Crippen molar-refractivity contribution in [3.8, 4) is 5.75 Å². The minimum atomic E-state index is -0.704. The van der Waals surface area contributed by atoms with E-state index in [1.54, 1.807) is 4.90 Å². The molecule has 3 aromatic carbocycles. The third kappa shape index (κ3) is 8.55. The molecule has 0 spiro atoms. The van der Waals surface area contributed by atoms with Crippen molar-refractivity contribution in [3.05, 3.63) is 100 Å². The molecule has 5 nitrogen and oxygen atoms in total. The Kier molecular flexibility index (Phi) is 9.10. The van der Waals surface area contributed by atoms with Gasteiger partial charge in [0.25, 0.3) is 5.91 Å². The van der Waals surface area contributed by atoms with Crippen molar-refractivity contribution in [2.45, 2.75) is 52.2 Å². The van der Waals surface area contributed by atoms with Gasteiger partial charge in [-0.25, -0.2) is 0 Å². The molecule has 0 fully saturated rings. The average molecular weight is 537 g/mol. The summed E-state index contributed by atoms with van der Waals surface area (Å²) in [5.41, 5.74) is 2.58. The summed E-state index contributed by atoms with van der Waals surface area (Å²) in [6.07, 6.45) is 0.396. The van der Waals surface area contributed by atoms with Crippen LogP contribution in [0.3, 0.4) is 0 Å². The molecule has 6 heteroatoms. The fraction of sp³-hybridized carbons (Fsp3) is 0.310. The van der Waals surface area contributed by atoms with Crippen molar-refractivity contribution in [1.29, 1.82) is 0 Å². The van der Waals surface area contributed by atoms with Crippen LogP contribution in [0.25, 0.3) is 0 Å². The first-order valence-electron chi connectivity index (χ1n) is 11.7. The van der Waals surface area contributed by atoms with Crippen LogP contribution in [-0.2, 0) is 22.6 Å². The lowest BCUT2D eigenvalue weighted by molar-refractivity contribution is -0.143. The van der Waals surface area contributed by atoms with Crippen LogP contribution in [-0.4, -0.2) is 34.9 Å². The van der Waals surface area contributed by atoms with Crippen molar-refractivity contribution in [3.63, 3.8) is 0 Å². The molecular weight excluding hydrogens is 504 g/mol. The Bertz CT molecular complexity index is 1120. The van der Waals surface area contributed by atoms with Gasteiger partial charge in [0.2, 0.25) is 5.91 Å². The molecular formula is C29H33BrN2O3. The monoisotopic (exact) mass is 536 g/mol. The number of carbonyl (C=O) groups excluding carboxylic acids is 2. The Morgan fingerprint density at radius 2 is 1.60 bits per heavy atom. The van der Waals surface area contributed by atoms with Gasteiger partial charge >= 0.3 is 0 Å². The highest BCUT2D eigenvalue weighted by molar-refractivity contribution is 9.10. The molecule has 0 heterocycles. The zero-order valence-corrected chi connectivity index (χ0v) is 22.3. The van der Waals surface area contributed by atoms with Crippen molar-refractivity contribution in [2.75, 3.05) is 6.61 Å². The van der Waals surface area contributed by atoms with E-state index in [9.17, 15) is 9.59 Å². The predicted octanol–water partition coefficient (Wildman–Crippen LogP) is 5.69. The summed E-state index contributed by atoms with van der Waals surface area (Å²) >= 11 is 3.51. The van der Waals surface area contributed by atoms with Crippen LogP contribution < -0.4 is 10.1 Å². The average Bonchev–Trinajstić information content (AvgIpc) is 2.80. The minimum absolute atomic E-state index is 0.162. The summed E-state index contributed by atoms with van der Waals surface area (Å²) in [7, 11) is 0. The molecule has 2 amide bonds. The predicted molar refractivity (Wildman–Crippen MR) is 143 cm³/mol. The lowest BCUT2D eigenvalue weighted by Gasteiger charge is -2.33. The molecule has 0 aliphatic carbocycles. The highest BCUT2D eigenvalue weighted by atomic mass is 79.9. The van der Waals surface area contributed by atoms with E-state index in [1.165, 1.54) is 0 Å². The number of aryl methyl sites for hydroxylation is 1. The Balaban J connectivity index is 1.92. The molecule has 0 saturated heterocycles. The van der Waals surface area contributed by atoms with Crippen LogP contribution in [0.15, 0.2) is 83.3 Å². The molecule has 0 aliphatic heterocycles. The van der Waals surface area contributed by atoms with E-state index in [0.717, 1.165) is 21.2 Å². The summed E-state index contributed by atoms with van der Waals surface area (Å²) in [5, 5.41) is 3.07. The molecule has 0 bridgehead atoms. The molecule has 0 saturated carbocycles. The molecule has 0 aliphatic rings. The van der Waals surface area contributed by atoms with Gasteiger partial charge in [-0.1, -0.05) is 76.1 Å². The Morgan fingerprint density at radius 3 is 2.23 bits per heavy atom. The van der Waals surface area contributed by atoms with Gasteiger partial charge in [-0.15, -0.1) is 0 Å². The van der Waals surface area contributed by atoms with Gasteiger partial charge in [0, 0.05) is 23.0 Å². The third-order valence-electron chi connectivity index (χ3n) is 5.39. The first kappa shape index (κ1) is 26.5. The van der Waals surface area contributed by atoms with Gasteiger partial charge < -0.3 is 15.0 Å². The first-order valence-corrected chi connectivity index (χ1v) is 12.5. The quantitative estimate of drug-likeness (QED) is 0.382. The standard InChI is InChI=1S/C29H33BrN2O3/c1-21-13-15-25(16-14-21)35-20-27(33)32(19-23-11-8-12-24(30)17-23)26(28(34)31-29(2,3)4)18-22-9-6-5-7-10-22/h5-17,26H,18-20H2,1-4H3,(H,31,34)/t26-/m1/s1. The molecule has 0 aromatic heterocycles. The molecule has 35 heavy (non-hydrogen) atoms. The van der Waals surface area contributed by atoms with Crippen molar-refractivity contribution in [2.24, 2.45) is 0 Å². The number of ether oxygens (including phenoxy) is 1. The summed E-state index contributed by atoms with van der Waals surface area (Å²) < 4.78 is 6.73. The lowest BCUT2D eigenvalue weighted by Crippen LogP contribution is -2.55. The molecule has 0 unspecified atom stereocenters. The Morgan fingerprint density at radius 1 is 0.943 bits per heavy atom. The molecule has 3 rings (SSSR count). The summed E-state index contributed by atoms with van der Waals surface area (Å²) in [4.78, 5) is 28.7. The topological polar surface area (TPSA) is 58.6 Å². The zero-order chi connectivity index (χ0) is 25.4. The van der Waals surface area contributed by atoms with Gasteiger partial charge in [-0.05, 0) is 63.1 Å². The van der Waals surface area contributed by atoms with E-state index in [1.807, 2.05) is 107 Å². The van der Waals surface area contributed by atoms with Gasteiger partial charge in [0.1, 0.15) is 11.8 Å².